The summed E-state index contributed by atoms with van der Waals surface area (Å²) < 4.78 is 38.6. The first-order valence-electron chi connectivity index (χ1n) is 18.7. The molecule has 28 nitrogen and oxygen atoms in total. The third kappa shape index (κ3) is 14.1. The minimum absolute atomic E-state index is 0.0168. The van der Waals surface area contributed by atoms with E-state index < -0.39 is 98.3 Å². The summed E-state index contributed by atoms with van der Waals surface area (Å²) >= 11 is 0. The number of piperazine rings is 1. The Morgan fingerprint density at radius 1 is 0.400 bits per heavy atom. The van der Waals surface area contributed by atoms with Gasteiger partial charge in [-0.3, -0.25) is 40.9 Å². The van der Waals surface area contributed by atoms with Crippen LogP contribution in [0.4, 0.5) is 38.4 Å². The zero-order chi connectivity index (χ0) is 45.7. The molecular weight excluding hydrogens is 816 g/mol. The quantitative estimate of drug-likeness (QED) is 0.0845. The van der Waals surface area contributed by atoms with Gasteiger partial charge in [0, 0.05) is 0 Å². The molecular formula is C32H56N8O20. The number of hydrogen-bond acceptors (Lipinski definition) is 20. The standard InChI is InChI=1S/2C16H28N4O10/c1-5-27-13(23)17-9-10(18-14(24)28-6-2)20(16(26)30-8-4)12(22)11(21)19(9)15(25)29-7-3;1-5-27-13(23)17-9(18-14(24)28-6-2)10-19(15(25)29-7-3)11(21)12(22)20(10)16(26)30-8-4/h2*9-12,21-22H,5-8H2,1-4H3,(H,17,23)(H,18,24). The van der Waals surface area contributed by atoms with Gasteiger partial charge in [-0.2, -0.15) is 0 Å². The molecule has 28 heteroatoms. The summed E-state index contributed by atoms with van der Waals surface area (Å²) in [5.41, 5.74) is 0. The van der Waals surface area contributed by atoms with Crippen LogP contribution in [0, 0.1) is 0 Å². The molecule has 6 atom stereocenters. The van der Waals surface area contributed by atoms with Gasteiger partial charge >= 0.3 is 48.7 Å². The van der Waals surface area contributed by atoms with E-state index in [2.05, 4.69) is 21.3 Å². The van der Waals surface area contributed by atoms with Crippen LogP contribution in [0.1, 0.15) is 55.4 Å². The number of aliphatic hydroxyl groups is 4. The summed E-state index contributed by atoms with van der Waals surface area (Å²) in [6, 6.07) is 0. The highest BCUT2D eigenvalue weighted by atomic mass is 16.6. The predicted molar refractivity (Wildman–Crippen MR) is 195 cm³/mol. The van der Waals surface area contributed by atoms with E-state index in [1.165, 1.54) is 55.4 Å². The van der Waals surface area contributed by atoms with Gasteiger partial charge in [0.15, 0.2) is 43.4 Å². The van der Waals surface area contributed by atoms with E-state index in [0.29, 0.717) is 19.6 Å². The third-order valence-electron chi connectivity index (χ3n) is 7.53. The van der Waals surface area contributed by atoms with Crippen LogP contribution in [0.5, 0.6) is 0 Å². The normalized spacial score (nSPS) is 21.9. The van der Waals surface area contributed by atoms with Crippen LogP contribution in [-0.2, 0) is 37.9 Å². The predicted octanol–water partition coefficient (Wildman–Crippen LogP) is -0.604. The fourth-order valence-corrected chi connectivity index (χ4v) is 5.31. The van der Waals surface area contributed by atoms with Crippen LogP contribution < -0.4 is 21.3 Å². The number of hydrogen-bond donors (Lipinski definition) is 8. The zero-order valence-corrected chi connectivity index (χ0v) is 34.4. The first-order chi connectivity index (χ1) is 28.5. The number of carbonyl (C=O) groups is 8. The second kappa shape index (κ2) is 26.2. The molecule has 0 aliphatic carbocycles. The summed E-state index contributed by atoms with van der Waals surface area (Å²) in [6.07, 6.45) is -23.0. The molecule has 0 spiro atoms. The summed E-state index contributed by atoms with van der Waals surface area (Å²) in [5, 5.41) is 50.7. The van der Waals surface area contributed by atoms with Crippen molar-refractivity contribution in [2.75, 3.05) is 52.9 Å². The van der Waals surface area contributed by atoms with Crippen molar-refractivity contribution >= 4 is 48.7 Å². The van der Waals surface area contributed by atoms with Gasteiger partial charge in [0.05, 0.1) is 52.9 Å². The Bertz CT molecular complexity index is 1310. The first kappa shape index (κ1) is 52.0. The fourth-order valence-electron chi connectivity index (χ4n) is 5.31. The van der Waals surface area contributed by atoms with E-state index in [4.69, 9.17) is 37.9 Å². The number of ether oxygens (including phenoxy) is 8. The lowest BCUT2D eigenvalue weighted by atomic mass is 10.1. The van der Waals surface area contributed by atoms with Crippen molar-refractivity contribution in [1.29, 1.82) is 0 Å². The summed E-state index contributed by atoms with van der Waals surface area (Å²) in [4.78, 5) is 100. The van der Waals surface area contributed by atoms with Gasteiger partial charge in [-0.05, 0) is 55.4 Å². The van der Waals surface area contributed by atoms with E-state index in [9.17, 15) is 58.8 Å². The molecule has 8 N–H and O–H groups in total. The third-order valence-corrected chi connectivity index (χ3v) is 7.53. The van der Waals surface area contributed by atoms with Crippen LogP contribution >= 0.6 is 0 Å². The topological polar surface area (TPSA) is 352 Å². The van der Waals surface area contributed by atoms with E-state index in [0.717, 1.165) is 0 Å². The van der Waals surface area contributed by atoms with Crippen molar-refractivity contribution in [3.05, 3.63) is 0 Å². The van der Waals surface area contributed by atoms with Crippen molar-refractivity contribution in [2.24, 2.45) is 0 Å². The van der Waals surface area contributed by atoms with Crippen LogP contribution in [-0.4, -0.2) is 191 Å². The molecule has 2 saturated heterocycles. The number of aliphatic hydroxyl groups excluding tert-OH is 4. The molecule has 2 heterocycles. The molecule has 0 aromatic carbocycles. The second-order valence-corrected chi connectivity index (χ2v) is 11.3. The highest BCUT2D eigenvalue weighted by molar-refractivity contribution is 5.77. The number of alkyl carbamates (subject to hydrolysis) is 4. The van der Waals surface area contributed by atoms with E-state index in [1.807, 2.05) is 0 Å². The van der Waals surface area contributed by atoms with Crippen molar-refractivity contribution in [1.82, 2.24) is 40.9 Å². The van der Waals surface area contributed by atoms with Crippen LogP contribution in [0.3, 0.4) is 0 Å². The van der Waals surface area contributed by atoms with Crippen molar-refractivity contribution < 1.29 is 96.7 Å². The maximum absolute atomic E-state index is 12.4. The molecule has 2 fully saturated rings. The van der Waals surface area contributed by atoms with Gasteiger partial charge in [0.25, 0.3) is 0 Å². The SMILES string of the molecule is CCOC(=O)NC(NC(=O)OCC)C1N(C(=O)OCC)C(O)C(O)N1C(=O)OCC.CCOC(=O)NC1C(NC(=O)OCC)N(C(=O)OCC)C(O)C(O)N1C(=O)OCC. The molecule has 6 unspecified atom stereocenters. The average Bonchev–Trinajstić information content (AvgIpc) is 3.44. The molecule has 0 bridgehead atoms. The number of rotatable bonds is 13. The van der Waals surface area contributed by atoms with E-state index in [-0.39, 0.29) is 52.9 Å². The summed E-state index contributed by atoms with van der Waals surface area (Å²) in [5.74, 6) is 0. The van der Waals surface area contributed by atoms with E-state index >= 15 is 0 Å². The lowest BCUT2D eigenvalue weighted by Gasteiger charge is -2.50. The van der Waals surface area contributed by atoms with Crippen molar-refractivity contribution in [3.63, 3.8) is 0 Å². The van der Waals surface area contributed by atoms with Crippen LogP contribution in [0.25, 0.3) is 0 Å². The highest BCUT2D eigenvalue weighted by Crippen LogP contribution is 2.29. The van der Waals surface area contributed by atoms with Crippen molar-refractivity contribution in [3.8, 4) is 0 Å². The molecule has 0 aromatic heterocycles. The molecule has 8 amide bonds. The largest absolute Gasteiger partial charge is 0.450 e. The van der Waals surface area contributed by atoms with Crippen LogP contribution in [0.2, 0.25) is 0 Å². The van der Waals surface area contributed by atoms with Gasteiger partial charge < -0.3 is 58.3 Å². The number of carbonyl (C=O) groups excluding carboxylic acids is 8. The smallest absolute Gasteiger partial charge is 0.413 e. The number of nitrogens with zero attached hydrogens (tertiary/aromatic N) is 4. The van der Waals surface area contributed by atoms with Crippen molar-refractivity contribution in [2.45, 2.75) is 105 Å². The van der Waals surface area contributed by atoms with Gasteiger partial charge in [0.1, 0.15) is 6.17 Å². The minimum atomic E-state index is -2.04. The molecule has 60 heavy (non-hydrogen) atoms. The van der Waals surface area contributed by atoms with Gasteiger partial charge in [-0.1, -0.05) is 0 Å². The Balaban J connectivity index is 0.000000600. The number of amides is 8. The average molecular weight is 873 g/mol. The highest BCUT2D eigenvalue weighted by Gasteiger charge is 2.56. The molecule has 0 saturated carbocycles. The zero-order valence-electron chi connectivity index (χ0n) is 34.4. The Labute approximate surface area is 344 Å². The molecule has 2 aliphatic heterocycles. The van der Waals surface area contributed by atoms with Gasteiger partial charge in [0.2, 0.25) is 0 Å². The Hall–Kier alpha value is -6.00. The monoisotopic (exact) mass is 872 g/mol. The molecule has 2 aliphatic rings. The Morgan fingerprint density at radius 2 is 0.633 bits per heavy atom. The molecule has 344 valence electrons. The minimum Gasteiger partial charge on any atom is -0.450 e. The molecule has 0 aromatic rings. The maximum Gasteiger partial charge on any atom is 0.413 e. The summed E-state index contributed by atoms with van der Waals surface area (Å²) in [7, 11) is 0. The van der Waals surface area contributed by atoms with Gasteiger partial charge in [-0.15, -0.1) is 0 Å². The lowest BCUT2D eigenvalue weighted by Crippen LogP contribution is -2.78. The fraction of sp³-hybridized carbons (Fsp3) is 0.750. The first-order valence-corrected chi connectivity index (χ1v) is 18.7. The summed E-state index contributed by atoms with van der Waals surface area (Å²) in [6.45, 7) is 11.7. The Kier molecular flexibility index (Phi) is 22.7. The lowest BCUT2D eigenvalue weighted by molar-refractivity contribution is -0.201. The number of nitrogens with one attached hydrogen (secondary N) is 4. The van der Waals surface area contributed by atoms with Crippen LogP contribution in [0.15, 0.2) is 0 Å². The maximum atomic E-state index is 12.4. The molecule has 2 rings (SSSR count). The Morgan fingerprint density at radius 3 is 0.900 bits per heavy atom. The second-order valence-electron chi connectivity index (χ2n) is 11.3. The van der Waals surface area contributed by atoms with Gasteiger partial charge in [-0.25, -0.2) is 38.4 Å². The molecule has 0 radical (unpaired) electrons. The van der Waals surface area contributed by atoms with E-state index in [1.54, 1.807) is 0 Å².